The number of rotatable bonds is 8. The van der Waals surface area contributed by atoms with E-state index in [-0.39, 0.29) is 0 Å². The van der Waals surface area contributed by atoms with Crippen LogP contribution in [0.2, 0.25) is 0 Å². The number of nitrogens with one attached hydrogen (secondary N) is 1. The predicted molar refractivity (Wildman–Crippen MR) is 88.5 cm³/mol. The first-order chi connectivity index (χ1) is 10.3. The van der Waals surface area contributed by atoms with Crippen molar-refractivity contribution in [3.8, 4) is 0 Å². The van der Waals surface area contributed by atoms with Crippen LogP contribution in [0.5, 0.6) is 0 Å². The smallest absolute Gasteiger partial charge is 0.0625 e. The van der Waals surface area contributed by atoms with Crippen molar-refractivity contribution in [2.75, 3.05) is 19.6 Å². The van der Waals surface area contributed by atoms with E-state index >= 15 is 0 Å². The van der Waals surface area contributed by atoms with Gasteiger partial charge in [0.1, 0.15) is 0 Å². The number of aryl methyl sites for hydroxylation is 2. The van der Waals surface area contributed by atoms with Crippen LogP contribution in [-0.4, -0.2) is 40.4 Å². The predicted octanol–water partition coefficient (Wildman–Crippen LogP) is 2.82. The highest BCUT2D eigenvalue weighted by Crippen LogP contribution is 2.13. The Morgan fingerprint density at radius 1 is 1.33 bits per heavy atom. The molecule has 1 aliphatic heterocycles. The first-order valence-corrected chi connectivity index (χ1v) is 8.78. The average Bonchev–Trinajstić information content (AvgIpc) is 2.90. The van der Waals surface area contributed by atoms with Gasteiger partial charge in [-0.2, -0.15) is 5.10 Å². The number of piperidine rings is 1. The van der Waals surface area contributed by atoms with Gasteiger partial charge in [-0.15, -0.1) is 0 Å². The van der Waals surface area contributed by atoms with Gasteiger partial charge >= 0.3 is 0 Å². The summed E-state index contributed by atoms with van der Waals surface area (Å²) in [7, 11) is 0. The van der Waals surface area contributed by atoms with Gasteiger partial charge in [-0.3, -0.25) is 9.58 Å². The molecule has 0 aliphatic carbocycles. The maximum absolute atomic E-state index is 4.68. The molecule has 120 valence electrons. The Bertz CT molecular complexity index is 407. The van der Waals surface area contributed by atoms with Gasteiger partial charge in [0, 0.05) is 25.7 Å². The van der Waals surface area contributed by atoms with E-state index in [4.69, 9.17) is 0 Å². The first kappa shape index (κ1) is 16.5. The number of hydrogen-bond donors (Lipinski definition) is 1. The molecule has 2 heterocycles. The summed E-state index contributed by atoms with van der Waals surface area (Å²) in [6.07, 6.45) is 6.29. The van der Waals surface area contributed by atoms with Crippen LogP contribution in [0.3, 0.4) is 0 Å². The van der Waals surface area contributed by atoms with E-state index in [9.17, 15) is 0 Å². The Hall–Kier alpha value is -0.870. The quantitative estimate of drug-likeness (QED) is 0.800. The van der Waals surface area contributed by atoms with E-state index in [0.29, 0.717) is 6.04 Å². The molecule has 1 N–H and O–H groups in total. The second kappa shape index (κ2) is 8.54. The molecule has 4 heteroatoms. The van der Waals surface area contributed by atoms with Crippen molar-refractivity contribution < 1.29 is 0 Å². The summed E-state index contributed by atoms with van der Waals surface area (Å²) in [6, 6.07) is 2.97. The first-order valence-electron chi connectivity index (χ1n) is 8.78. The lowest BCUT2D eigenvalue weighted by Gasteiger charge is -2.30. The van der Waals surface area contributed by atoms with Crippen LogP contribution in [0.15, 0.2) is 6.07 Å². The monoisotopic (exact) mass is 292 g/mol. The third kappa shape index (κ3) is 4.82. The summed E-state index contributed by atoms with van der Waals surface area (Å²) in [5.74, 6) is 0. The van der Waals surface area contributed by atoms with E-state index in [1.54, 1.807) is 0 Å². The van der Waals surface area contributed by atoms with E-state index in [1.165, 1.54) is 56.7 Å². The molecule has 0 saturated carbocycles. The van der Waals surface area contributed by atoms with Crippen molar-refractivity contribution in [3.05, 3.63) is 17.5 Å². The molecule has 0 spiro atoms. The van der Waals surface area contributed by atoms with Crippen molar-refractivity contribution in [3.63, 3.8) is 0 Å². The van der Waals surface area contributed by atoms with Gasteiger partial charge in [0.25, 0.3) is 0 Å². The molecule has 0 radical (unpaired) electrons. The number of hydrogen-bond acceptors (Lipinski definition) is 3. The van der Waals surface area contributed by atoms with Gasteiger partial charge in [0.15, 0.2) is 0 Å². The molecule has 0 bridgehead atoms. The SMILES string of the molecule is CCCN(Cc1cc(CC)nn1CC)CC1CCCCN1. The van der Waals surface area contributed by atoms with Gasteiger partial charge in [0.05, 0.1) is 11.4 Å². The zero-order valence-corrected chi connectivity index (χ0v) is 14.1. The van der Waals surface area contributed by atoms with Gasteiger partial charge < -0.3 is 5.32 Å². The molecule has 1 aromatic heterocycles. The molecule has 2 rings (SSSR count). The minimum atomic E-state index is 0.675. The van der Waals surface area contributed by atoms with Gasteiger partial charge in [-0.1, -0.05) is 20.3 Å². The van der Waals surface area contributed by atoms with Crippen LogP contribution >= 0.6 is 0 Å². The normalized spacial score (nSPS) is 19.3. The van der Waals surface area contributed by atoms with Crippen LogP contribution < -0.4 is 5.32 Å². The average molecular weight is 292 g/mol. The van der Waals surface area contributed by atoms with Gasteiger partial charge in [0.2, 0.25) is 0 Å². The fraction of sp³-hybridized carbons (Fsp3) is 0.824. The molecule has 1 aromatic rings. The molecular formula is C17H32N4. The maximum atomic E-state index is 4.68. The molecule has 1 aliphatic rings. The Kier molecular flexibility index (Phi) is 6.71. The molecule has 4 nitrogen and oxygen atoms in total. The largest absolute Gasteiger partial charge is 0.313 e. The molecule has 0 aromatic carbocycles. The Balaban J connectivity index is 1.99. The standard InChI is InChI=1S/C17H32N4/c1-4-11-20(13-16-9-7-8-10-18-16)14-17-12-15(5-2)19-21(17)6-3/h12,16,18H,4-11,13-14H2,1-3H3. The molecule has 1 saturated heterocycles. The van der Waals surface area contributed by atoms with Crippen molar-refractivity contribution in [2.45, 2.75) is 72.0 Å². The topological polar surface area (TPSA) is 33.1 Å². The molecular weight excluding hydrogens is 260 g/mol. The van der Waals surface area contributed by atoms with E-state index in [2.05, 4.69) is 46.8 Å². The minimum absolute atomic E-state index is 0.675. The van der Waals surface area contributed by atoms with Crippen LogP contribution in [0, 0.1) is 0 Å². The van der Waals surface area contributed by atoms with E-state index in [0.717, 1.165) is 19.5 Å². The molecule has 0 amide bonds. The van der Waals surface area contributed by atoms with E-state index in [1.807, 2.05) is 0 Å². The molecule has 1 unspecified atom stereocenters. The van der Waals surface area contributed by atoms with Gasteiger partial charge in [-0.25, -0.2) is 0 Å². The zero-order chi connectivity index (χ0) is 15.1. The van der Waals surface area contributed by atoms with Crippen molar-refractivity contribution in [2.24, 2.45) is 0 Å². The highest BCUT2D eigenvalue weighted by molar-refractivity contribution is 5.10. The number of nitrogens with zero attached hydrogens (tertiary/aromatic N) is 3. The van der Waals surface area contributed by atoms with Crippen LogP contribution in [0.25, 0.3) is 0 Å². The summed E-state index contributed by atoms with van der Waals surface area (Å²) in [5, 5.41) is 8.36. The minimum Gasteiger partial charge on any atom is -0.313 e. The number of aromatic nitrogens is 2. The fourth-order valence-electron chi connectivity index (χ4n) is 3.26. The second-order valence-electron chi connectivity index (χ2n) is 6.18. The summed E-state index contributed by atoms with van der Waals surface area (Å²) in [4.78, 5) is 2.60. The highest BCUT2D eigenvalue weighted by Gasteiger charge is 2.18. The van der Waals surface area contributed by atoms with Crippen molar-refractivity contribution in [1.82, 2.24) is 20.0 Å². The second-order valence-corrected chi connectivity index (χ2v) is 6.18. The molecule has 1 fully saturated rings. The maximum Gasteiger partial charge on any atom is 0.0625 e. The van der Waals surface area contributed by atoms with Crippen LogP contribution in [0.1, 0.15) is 57.8 Å². The van der Waals surface area contributed by atoms with Crippen molar-refractivity contribution >= 4 is 0 Å². The van der Waals surface area contributed by atoms with E-state index < -0.39 is 0 Å². The summed E-state index contributed by atoms with van der Waals surface area (Å²) >= 11 is 0. The van der Waals surface area contributed by atoms with Gasteiger partial charge in [-0.05, 0) is 51.8 Å². The Morgan fingerprint density at radius 2 is 2.19 bits per heavy atom. The lowest BCUT2D eigenvalue weighted by molar-refractivity contribution is 0.212. The Morgan fingerprint density at radius 3 is 2.81 bits per heavy atom. The fourth-order valence-corrected chi connectivity index (χ4v) is 3.26. The molecule has 1 atom stereocenters. The molecule has 21 heavy (non-hydrogen) atoms. The summed E-state index contributed by atoms with van der Waals surface area (Å²) in [5.41, 5.74) is 2.60. The third-order valence-electron chi connectivity index (χ3n) is 4.39. The highest BCUT2D eigenvalue weighted by atomic mass is 15.3. The lowest BCUT2D eigenvalue weighted by Crippen LogP contribution is -2.43. The Labute approximate surface area is 129 Å². The zero-order valence-electron chi connectivity index (χ0n) is 14.1. The van der Waals surface area contributed by atoms with Crippen LogP contribution in [-0.2, 0) is 19.5 Å². The van der Waals surface area contributed by atoms with Crippen LogP contribution in [0.4, 0.5) is 0 Å². The lowest BCUT2D eigenvalue weighted by atomic mass is 10.0. The summed E-state index contributed by atoms with van der Waals surface area (Å²) < 4.78 is 2.18. The third-order valence-corrected chi connectivity index (χ3v) is 4.39. The summed E-state index contributed by atoms with van der Waals surface area (Å²) in [6.45, 7) is 12.2. The van der Waals surface area contributed by atoms with Crippen molar-refractivity contribution in [1.29, 1.82) is 0 Å².